The predicted octanol–water partition coefficient (Wildman–Crippen LogP) is 4.04. The van der Waals surface area contributed by atoms with E-state index in [4.69, 9.17) is 11.6 Å². The van der Waals surface area contributed by atoms with E-state index in [1.807, 2.05) is 0 Å². The average molecular weight is 440 g/mol. The third kappa shape index (κ3) is 3.41. The zero-order chi connectivity index (χ0) is 21.2. The number of hydrogen-bond donors (Lipinski definition) is 1. The summed E-state index contributed by atoms with van der Waals surface area (Å²) in [4.78, 5) is 33.9. The van der Waals surface area contributed by atoms with Gasteiger partial charge >= 0.3 is 0 Å². The Bertz CT molecular complexity index is 1050. The van der Waals surface area contributed by atoms with E-state index >= 15 is 0 Å². The van der Waals surface area contributed by atoms with Gasteiger partial charge in [0.2, 0.25) is 5.91 Å². The number of hydrogen-bond acceptors (Lipinski definition) is 3. The number of benzene rings is 1. The van der Waals surface area contributed by atoms with Gasteiger partial charge in [0.1, 0.15) is 0 Å². The third-order valence-corrected chi connectivity index (χ3v) is 8.73. The van der Waals surface area contributed by atoms with Gasteiger partial charge in [-0.25, -0.2) is 0 Å². The van der Waals surface area contributed by atoms with E-state index in [0.717, 1.165) is 68.9 Å². The SMILES string of the molecule is O=C(N1CCN(Cc2cc(=O)c3cccc(Cl)c3[nH]2)CC1)C12CC3CC(CC(C3)C1)C2. The van der Waals surface area contributed by atoms with Crippen LogP contribution >= 0.6 is 11.6 Å². The summed E-state index contributed by atoms with van der Waals surface area (Å²) in [5, 5.41) is 1.20. The average Bonchev–Trinajstić information content (AvgIpc) is 2.74. The molecule has 0 spiro atoms. The van der Waals surface area contributed by atoms with Crippen molar-refractivity contribution in [2.45, 2.75) is 45.1 Å². The van der Waals surface area contributed by atoms with Crippen molar-refractivity contribution in [2.24, 2.45) is 23.2 Å². The first-order valence-corrected chi connectivity index (χ1v) is 12.2. The highest BCUT2D eigenvalue weighted by Crippen LogP contribution is 2.60. The molecule has 7 rings (SSSR count). The maximum absolute atomic E-state index is 13.6. The van der Waals surface area contributed by atoms with Crippen LogP contribution in [0, 0.1) is 23.2 Å². The molecule has 2 heterocycles. The second kappa shape index (κ2) is 7.35. The zero-order valence-corrected chi connectivity index (χ0v) is 18.7. The van der Waals surface area contributed by atoms with Gasteiger partial charge in [-0.05, 0) is 68.4 Å². The largest absolute Gasteiger partial charge is 0.356 e. The molecule has 1 amide bonds. The van der Waals surface area contributed by atoms with E-state index in [2.05, 4.69) is 14.8 Å². The molecule has 0 unspecified atom stereocenters. The van der Waals surface area contributed by atoms with Gasteiger partial charge in [-0.1, -0.05) is 17.7 Å². The topological polar surface area (TPSA) is 56.4 Å². The number of carbonyl (C=O) groups is 1. The Labute approximate surface area is 187 Å². The summed E-state index contributed by atoms with van der Waals surface area (Å²) >= 11 is 6.30. The summed E-state index contributed by atoms with van der Waals surface area (Å²) < 4.78 is 0. The zero-order valence-electron chi connectivity index (χ0n) is 17.9. The number of carbonyl (C=O) groups excluding carboxylic acids is 1. The minimum absolute atomic E-state index is 0.00174. The van der Waals surface area contributed by atoms with Crippen molar-refractivity contribution < 1.29 is 4.79 Å². The van der Waals surface area contributed by atoms with Crippen LogP contribution in [-0.4, -0.2) is 46.9 Å². The molecule has 1 aliphatic heterocycles. The van der Waals surface area contributed by atoms with Gasteiger partial charge in [0.25, 0.3) is 0 Å². The van der Waals surface area contributed by atoms with E-state index < -0.39 is 0 Å². The number of nitrogens with one attached hydrogen (secondary N) is 1. The number of para-hydroxylation sites is 1. The number of piperazine rings is 1. The lowest BCUT2D eigenvalue weighted by Gasteiger charge is -2.57. The molecular weight excluding hydrogens is 410 g/mol. The molecule has 5 fully saturated rings. The van der Waals surface area contributed by atoms with Crippen molar-refractivity contribution in [3.05, 3.63) is 45.2 Å². The van der Waals surface area contributed by atoms with Gasteiger partial charge in [-0.2, -0.15) is 0 Å². The number of pyridine rings is 1. The first-order chi connectivity index (χ1) is 15.0. The number of rotatable bonds is 3. The van der Waals surface area contributed by atoms with Crippen molar-refractivity contribution in [1.82, 2.24) is 14.8 Å². The van der Waals surface area contributed by atoms with Crippen molar-refractivity contribution >= 4 is 28.4 Å². The first-order valence-electron chi connectivity index (χ1n) is 11.8. The van der Waals surface area contributed by atoms with Crippen LogP contribution in [0.15, 0.2) is 29.1 Å². The second-order valence-corrected chi connectivity index (χ2v) is 11.0. The number of amides is 1. The van der Waals surface area contributed by atoms with Gasteiger partial charge in [0, 0.05) is 49.9 Å². The molecule has 4 saturated carbocycles. The van der Waals surface area contributed by atoms with Crippen molar-refractivity contribution in [3.8, 4) is 0 Å². The summed E-state index contributed by atoms with van der Waals surface area (Å²) in [5.74, 6) is 2.84. The van der Waals surface area contributed by atoms with Crippen molar-refractivity contribution in [3.63, 3.8) is 0 Å². The highest BCUT2D eigenvalue weighted by Gasteiger charge is 2.55. The smallest absolute Gasteiger partial charge is 0.228 e. The molecule has 0 atom stereocenters. The minimum Gasteiger partial charge on any atom is -0.356 e. The number of halogens is 1. The Morgan fingerprint density at radius 1 is 1.03 bits per heavy atom. The number of fused-ring (bicyclic) bond motifs is 1. The lowest BCUT2D eigenvalue weighted by molar-refractivity contribution is -0.159. The highest BCUT2D eigenvalue weighted by molar-refractivity contribution is 6.35. The van der Waals surface area contributed by atoms with Crippen molar-refractivity contribution in [1.29, 1.82) is 0 Å². The molecule has 6 heteroatoms. The fourth-order valence-electron chi connectivity index (χ4n) is 7.43. The minimum atomic E-state index is -0.0444. The van der Waals surface area contributed by atoms with E-state index in [0.29, 0.717) is 28.4 Å². The lowest BCUT2D eigenvalue weighted by Crippen LogP contribution is -2.58. The van der Waals surface area contributed by atoms with Crippen LogP contribution in [0.5, 0.6) is 0 Å². The standard InChI is InChI=1S/C25H30ClN3O2/c26-21-3-1-2-20-22(30)11-19(27-23(20)21)15-28-4-6-29(7-5-28)24(31)25-12-16-8-17(13-25)10-18(9-16)14-25/h1-3,11,16-18H,4-10,12-15H2,(H,27,30). The maximum Gasteiger partial charge on any atom is 0.228 e. The molecule has 4 bridgehead atoms. The van der Waals surface area contributed by atoms with Gasteiger partial charge in [0.05, 0.1) is 16.0 Å². The van der Waals surface area contributed by atoms with E-state index in [1.165, 1.54) is 19.3 Å². The van der Waals surface area contributed by atoms with Gasteiger partial charge in [-0.3, -0.25) is 14.5 Å². The molecule has 1 saturated heterocycles. The van der Waals surface area contributed by atoms with E-state index in [9.17, 15) is 9.59 Å². The first kappa shape index (κ1) is 19.8. The Balaban J connectivity index is 1.13. The third-order valence-electron chi connectivity index (χ3n) is 8.42. The summed E-state index contributed by atoms with van der Waals surface area (Å²) in [7, 11) is 0. The fraction of sp³-hybridized carbons (Fsp3) is 0.600. The molecule has 5 nitrogen and oxygen atoms in total. The number of aromatic amines is 1. The molecule has 31 heavy (non-hydrogen) atoms. The maximum atomic E-state index is 13.6. The normalized spacial score (nSPS) is 32.7. The molecule has 2 aromatic rings. The summed E-state index contributed by atoms with van der Waals surface area (Å²) in [6.07, 6.45) is 7.52. The second-order valence-electron chi connectivity index (χ2n) is 10.6. The number of nitrogens with zero attached hydrogens (tertiary/aromatic N) is 2. The molecule has 164 valence electrons. The van der Waals surface area contributed by atoms with Crippen LogP contribution in [0.1, 0.15) is 44.2 Å². The van der Waals surface area contributed by atoms with E-state index in [1.54, 1.807) is 24.3 Å². The quantitative estimate of drug-likeness (QED) is 0.785. The van der Waals surface area contributed by atoms with Crippen LogP contribution in [0.25, 0.3) is 10.9 Å². The van der Waals surface area contributed by atoms with Gasteiger partial charge < -0.3 is 9.88 Å². The monoisotopic (exact) mass is 439 g/mol. The van der Waals surface area contributed by atoms with E-state index in [-0.39, 0.29) is 10.8 Å². The van der Waals surface area contributed by atoms with Gasteiger partial charge in [-0.15, -0.1) is 0 Å². The molecule has 4 aliphatic carbocycles. The highest BCUT2D eigenvalue weighted by atomic mass is 35.5. The summed E-state index contributed by atoms with van der Waals surface area (Å²) in [6.45, 7) is 3.95. The van der Waals surface area contributed by atoms with Crippen molar-refractivity contribution in [2.75, 3.05) is 26.2 Å². The summed E-state index contributed by atoms with van der Waals surface area (Å²) in [6, 6.07) is 7.10. The van der Waals surface area contributed by atoms with Crippen LogP contribution < -0.4 is 5.43 Å². The van der Waals surface area contributed by atoms with Gasteiger partial charge in [0.15, 0.2) is 5.43 Å². The lowest BCUT2D eigenvalue weighted by atomic mass is 9.49. The van der Waals surface area contributed by atoms with Crippen LogP contribution in [-0.2, 0) is 11.3 Å². The fourth-order valence-corrected chi connectivity index (χ4v) is 7.65. The number of H-pyrrole nitrogens is 1. The Kier molecular flexibility index (Phi) is 4.69. The van der Waals surface area contributed by atoms with Crippen LogP contribution in [0.3, 0.4) is 0 Å². The Hall–Kier alpha value is -1.85. The van der Waals surface area contributed by atoms with Crippen LogP contribution in [0.2, 0.25) is 5.02 Å². The van der Waals surface area contributed by atoms with Crippen LogP contribution in [0.4, 0.5) is 0 Å². The summed E-state index contributed by atoms with van der Waals surface area (Å²) in [5.41, 5.74) is 1.55. The number of aromatic nitrogens is 1. The molecular formula is C25H30ClN3O2. The molecule has 1 aromatic carbocycles. The molecule has 1 aromatic heterocycles. The Morgan fingerprint density at radius 3 is 2.32 bits per heavy atom. The predicted molar refractivity (Wildman–Crippen MR) is 122 cm³/mol. The molecule has 0 radical (unpaired) electrons. The molecule has 1 N–H and O–H groups in total. The Morgan fingerprint density at radius 2 is 1.68 bits per heavy atom. The molecule has 5 aliphatic rings.